The molecule has 0 amide bonds. The Morgan fingerprint density at radius 1 is 1.07 bits per heavy atom. The maximum Gasteiger partial charge on any atom is 0.178 e. The van der Waals surface area contributed by atoms with E-state index < -0.39 is 0 Å². The summed E-state index contributed by atoms with van der Waals surface area (Å²) < 4.78 is 1.90. The molecule has 0 aliphatic carbocycles. The highest BCUT2D eigenvalue weighted by Crippen LogP contribution is 2.33. The zero-order chi connectivity index (χ0) is 19.3. The number of anilines is 1. The number of rotatable bonds is 2. The van der Waals surface area contributed by atoms with Crippen molar-refractivity contribution >= 4 is 22.5 Å². The van der Waals surface area contributed by atoms with Crippen molar-refractivity contribution in [2.24, 2.45) is 0 Å². The van der Waals surface area contributed by atoms with Crippen LogP contribution in [0, 0.1) is 0 Å². The number of hydrogen-bond acceptors (Lipinski definition) is 5. The van der Waals surface area contributed by atoms with Crippen LogP contribution in [0.4, 0.5) is 5.82 Å². The molecule has 7 heteroatoms. The van der Waals surface area contributed by atoms with Crippen LogP contribution in [0.5, 0.6) is 0 Å². The third-order valence-corrected chi connectivity index (χ3v) is 5.66. The second-order valence-electron chi connectivity index (χ2n) is 8.64. The second-order valence-corrected chi connectivity index (χ2v) is 8.64. The number of piperidine rings is 1. The minimum atomic E-state index is -0.0958. The van der Waals surface area contributed by atoms with Gasteiger partial charge in [0, 0.05) is 36.3 Å². The molecule has 1 fully saturated rings. The van der Waals surface area contributed by atoms with Gasteiger partial charge in [-0.1, -0.05) is 20.8 Å². The Morgan fingerprint density at radius 2 is 1.89 bits per heavy atom. The predicted molar refractivity (Wildman–Crippen MR) is 110 cm³/mol. The first-order chi connectivity index (χ1) is 13.5. The molecule has 0 radical (unpaired) electrons. The van der Waals surface area contributed by atoms with Crippen molar-refractivity contribution in [2.45, 2.75) is 44.9 Å². The van der Waals surface area contributed by atoms with Crippen LogP contribution >= 0.6 is 0 Å². The van der Waals surface area contributed by atoms with Gasteiger partial charge in [-0.05, 0) is 48.6 Å². The van der Waals surface area contributed by atoms with E-state index in [0.29, 0.717) is 5.92 Å². The molecule has 0 spiro atoms. The minimum Gasteiger partial charge on any atom is -0.355 e. The largest absolute Gasteiger partial charge is 0.355 e. The van der Waals surface area contributed by atoms with Crippen LogP contribution in [-0.4, -0.2) is 42.9 Å². The Balaban J connectivity index is 1.38. The number of pyridine rings is 1. The molecule has 0 saturated carbocycles. The van der Waals surface area contributed by atoms with Gasteiger partial charge in [0.1, 0.15) is 11.5 Å². The van der Waals surface area contributed by atoms with E-state index >= 15 is 0 Å². The molecule has 28 heavy (non-hydrogen) atoms. The highest BCUT2D eigenvalue weighted by atomic mass is 15.4. The Hall–Kier alpha value is -2.96. The van der Waals surface area contributed by atoms with Gasteiger partial charge in [0.15, 0.2) is 11.5 Å². The van der Waals surface area contributed by atoms with Gasteiger partial charge in [-0.15, -0.1) is 15.3 Å². The first-order valence-electron chi connectivity index (χ1n) is 9.90. The molecule has 7 nitrogen and oxygen atoms in total. The van der Waals surface area contributed by atoms with E-state index in [9.17, 15) is 0 Å². The molecule has 5 heterocycles. The molecular formula is C21H25N7. The summed E-state index contributed by atoms with van der Waals surface area (Å²) >= 11 is 0. The number of nitrogens with one attached hydrogen (secondary N) is 1. The van der Waals surface area contributed by atoms with Crippen LogP contribution in [0.3, 0.4) is 0 Å². The Bertz CT molecular complexity index is 1130. The van der Waals surface area contributed by atoms with Crippen LogP contribution in [-0.2, 0) is 5.41 Å². The zero-order valence-corrected chi connectivity index (χ0v) is 16.6. The van der Waals surface area contributed by atoms with Gasteiger partial charge in [0.2, 0.25) is 0 Å². The fourth-order valence-corrected chi connectivity index (χ4v) is 4.15. The van der Waals surface area contributed by atoms with Crippen LogP contribution in [0.25, 0.3) is 16.7 Å². The van der Waals surface area contributed by atoms with Crippen LogP contribution in [0.1, 0.15) is 50.9 Å². The van der Waals surface area contributed by atoms with E-state index in [1.807, 2.05) is 22.8 Å². The Morgan fingerprint density at radius 3 is 2.68 bits per heavy atom. The number of nitrogens with zero attached hydrogens (tertiary/aromatic N) is 6. The van der Waals surface area contributed by atoms with Crippen molar-refractivity contribution in [3.63, 3.8) is 0 Å². The van der Waals surface area contributed by atoms with Crippen LogP contribution in [0.2, 0.25) is 0 Å². The van der Waals surface area contributed by atoms with Crippen molar-refractivity contribution in [3.8, 4) is 0 Å². The smallest absolute Gasteiger partial charge is 0.178 e. The molecule has 0 atom stereocenters. The van der Waals surface area contributed by atoms with Crippen molar-refractivity contribution in [1.29, 1.82) is 0 Å². The Labute approximate surface area is 163 Å². The number of H-pyrrole nitrogens is 1. The van der Waals surface area contributed by atoms with Gasteiger partial charge in [-0.3, -0.25) is 0 Å². The van der Waals surface area contributed by atoms with Crippen molar-refractivity contribution < 1.29 is 0 Å². The van der Waals surface area contributed by atoms with Crippen LogP contribution in [0.15, 0.2) is 36.7 Å². The Kier molecular flexibility index (Phi) is 3.86. The molecule has 0 unspecified atom stereocenters. The second kappa shape index (κ2) is 6.29. The highest BCUT2D eigenvalue weighted by Gasteiger charge is 2.26. The van der Waals surface area contributed by atoms with Gasteiger partial charge in [0.05, 0.1) is 0 Å². The van der Waals surface area contributed by atoms with Crippen LogP contribution < -0.4 is 4.90 Å². The quantitative estimate of drug-likeness (QED) is 0.578. The molecule has 1 saturated heterocycles. The molecule has 4 aromatic rings. The fraction of sp³-hybridized carbons (Fsp3) is 0.429. The summed E-state index contributed by atoms with van der Waals surface area (Å²) in [5.74, 6) is 2.44. The minimum absolute atomic E-state index is 0.0958. The molecule has 0 bridgehead atoms. The van der Waals surface area contributed by atoms with Crippen molar-refractivity contribution in [2.75, 3.05) is 18.0 Å². The normalized spacial score (nSPS) is 16.3. The number of aromatic nitrogens is 6. The lowest BCUT2D eigenvalue weighted by atomic mass is 9.89. The molecule has 144 valence electrons. The fourth-order valence-electron chi connectivity index (χ4n) is 4.15. The van der Waals surface area contributed by atoms with Crippen molar-refractivity contribution in [3.05, 3.63) is 48.0 Å². The lowest BCUT2D eigenvalue weighted by Gasteiger charge is -2.32. The average Bonchev–Trinajstić information content (AvgIpc) is 3.31. The van der Waals surface area contributed by atoms with E-state index in [-0.39, 0.29) is 5.41 Å². The summed E-state index contributed by atoms with van der Waals surface area (Å²) in [5.41, 5.74) is 3.07. The van der Waals surface area contributed by atoms with Gasteiger partial charge < -0.3 is 9.88 Å². The summed E-state index contributed by atoms with van der Waals surface area (Å²) in [5, 5.41) is 14.7. The lowest BCUT2D eigenvalue weighted by Crippen LogP contribution is -2.34. The number of aromatic amines is 1. The molecular weight excluding hydrogens is 350 g/mol. The molecule has 1 aliphatic heterocycles. The van der Waals surface area contributed by atoms with E-state index in [2.05, 4.69) is 64.2 Å². The monoisotopic (exact) mass is 375 g/mol. The summed E-state index contributed by atoms with van der Waals surface area (Å²) in [6.07, 6.45) is 6.19. The van der Waals surface area contributed by atoms with Gasteiger partial charge in [-0.25, -0.2) is 4.98 Å². The van der Waals surface area contributed by atoms with Gasteiger partial charge in [0.25, 0.3) is 0 Å². The number of fused-ring (bicyclic) bond motifs is 2. The van der Waals surface area contributed by atoms with E-state index in [1.165, 1.54) is 10.9 Å². The molecule has 4 aromatic heterocycles. The maximum absolute atomic E-state index is 4.86. The third kappa shape index (κ3) is 2.82. The van der Waals surface area contributed by atoms with Gasteiger partial charge in [-0.2, -0.15) is 4.52 Å². The zero-order valence-electron chi connectivity index (χ0n) is 16.6. The summed E-state index contributed by atoms with van der Waals surface area (Å²) in [4.78, 5) is 10.1. The van der Waals surface area contributed by atoms with Gasteiger partial charge >= 0.3 is 0 Å². The first kappa shape index (κ1) is 17.2. The highest BCUT2D eigenvalue weighted by molar-refractivity contribution is 5.80. The van der Waals surface area contributed by atoms with Crippen molar-refractivity contribution in [1.82, 2.24) is 29.8 Å². The number of hydrogen-bond donors (Lipinski definition) is 1. The predicted octanol–water partition coefficient (Wildman–Crippen LogP) is 3.68. The molecule has 1 aliphatic rings. The molecule has 0 aromatic carbocycles. The lowest BCUT2D eigenvalue weighted by molar-refractivity contribution is 0.498. The SMILES string of the molecule is CC(C)(C)c1nnc2ccc(N3CCC(c4c[nH]c5ncccc45)CC3)nn12. The average molecular weight is 375 g/mol. The summed E-state index contributed by atoms with van der Waals surface area (Å²) in [7, 11) is 0. The summed E-state index contributed by atoms with van der Waals surface area (Å²) in [6.45, 7) is 8.39. The first-order valence-corrected chi connectivity index (χ1v) is 9.90. The van der Waals surface area contributed by atoms with E-state index in [4.69, 9.17) is 5.10 Å². The summed E-state index contributed by atoms with van der Waals surface area (Å²) in [6, 6.07) is 8.25. The molecule has 5 rings (SSSR count). The van der Waals surface area contributed by atoms with E-state index in [0.717, 1.165) is 48.9 Å². The third-order valence-electron chi connectivity index (χ3n) is 5.66. The molecule has 1 N–H and O–H groups in total. The maximum atomic E-state index is 4.86. The standard InChI is InChI=1S/C21H25N7/c1-21(2,3)20-25-24-17-6-7-18(26-28(17)20)27-11-8-14(9-12-27)16-13-23-19-15(16)5-4-10-22-19/h4-7,10,13-14H,8-9,11-12H2,1-3H3,(H,22,23). The topological polar surface area (TPSA) is 75.0 Å². The van der Waals surface area contributed by atoms with E-state index in [1.54, 1.807) is 0 Å².